The van der Waals surface area contributed by atoms with Crippen LogP contribution >= 0.6 is 15.9 Å². The van der Waals surface area contributed by atoms with Gasteiger partial charge in [-0.3, -0.25) is 0 Å². The minimum Gasteiger partial charge on any atom is -1.00 e. The van der Waals surface area contributed by atoms with E-state index in [1.165, 1.54) is 0 Å². The SMILES string of the molecule is Nc1nn(-c2ccc(Br)cc2)c2cccc[n+]12.[Br-]. The van der Waals surface area contributed by atoms with Crippen LogP contribution < -0.4 is 27.1 Å². The first kappa shape index (κ1) is 13.0. The van der Waals surface area contributed by atoms with Crippen molar-refractivity contribution in [1.82, 2.24) is 9.78 Å². The summed E-state index contributed by atoms with van der Waals surface area (Å²) in [6, 6.07) is 13.8. The van der Waals surface area contributed by atoms with Gasteiger partial charge >= 0.3 is 5.95 Å². The van der Waals surface area contributed by atoms with Crippen LogP contribution in [0.5, 0.6) is 0 Å². The molecule has 2 N–H and O–H groups in total. The first-order chi connectivity index (χ1) is 8.25. The van der Waals surface area contributed by atoms with E-state index in [1.54, 1.807) is 0 Å². The van der Waals surface area contributed by atoms with Gasteiger partial charge < -0.3 is 22.7 Å². The summed E-state index contributed by atoms with van der Waals surface area (Å²) in [5.41, 5.74) is 7.78. The third-order valence-corrected chi connectivity index (χ3v) is 3.10. The number of nitrogens with zero attached hydrogens (tertiary/aromatic N) is 3. The molecule has 0 saturated carbocycles. The van der Waals surface area contributed by atoms with E-state index in [4.69, 9.17) is 5.73 Å². The molecule has 1 aromatic carbocycles. The number of nitrogens with two attached hydrogens (primary N) is 1. The maximum Gasteiger partial charge on any atom is 0.380 e. The summed E-state index contributed by atoms with van der Waals surface area (Å²) in [6.45, 7) is 0. The number of pyridine rings is 1. The summed E-state index contributed by atoms with van der Waals surface area (Å²) in [7, 11) is 0. The van der Waals surface area contributed by atoms with Crippen LogP contribution in [0.3, 0.4) is 0 Å². The van der Waals surface area contributed by atoms with Crippen molar-refractivity contribution in [3.63, 3.8) is 0 Å². The highest BCUT2D eigenvalue weighted by Gasteiger charge is 2.15. The quantitative estimate of drug-likeness (QED) is 0.557. The minimum absolute atomic E-state index is 0. The average molecular weight is 370 g/mol. The van der Waals surface area contributed by atoms with E-state index in [0.717, 1.165) is 15.8 Å². The Bertz CT molecular complexity index is 676. The number of nitrogen functional groups attached to an aromatic ring is 1. The molecule has 0 amide bonds. The fourth-order valence-corrected chi connectivity index (χ4v) is 2.04. The normalized spacial score (nSPS) is 10.3. The maximum atomic E-state index is 5.87. The Kier molecular flexibility index (Phi) is 3.68. The van der Waals surface area contributed by atoms with Gasteiger partial charge in [0.2, 0.25) is 5.65 Å². The lowest BCUT2D eigenvalue weighted by Crippen LogP contribution is -3.00. The lowest BCUT2D eigenvalue weighted by atomic mass is 10.3. The summed E-state index contributed by atoms with van der Waals surface area (Å²) in [4.78, 5) is 0. The molecule has 0 spiro atoms. The predicted octanol–water partition coefficient (Wildman–Crippen LogP) is -1.04. The number of rotatable bonds is 1. The van der Waals surface area contributed by atoms with Gasteiger partial charge in [0.05, 0.1) is 6.20 Å². The molecule has 0 fully saturated rings. The van der Waals surface area contributed by atoms with Gasteiger partial charge in [0.1, 0.15) is 5.69 Å². The van der Waals surface area contributed by atoms with Gasteiger partial charge in [-0.1, -0.05) is 22.0 Å². The van der Waals surface area contributed by atoms with Crippen LogP contribution in [-0.2, 0) is 0 Å². The standard InChI is InChI=1S/C12H10BrN4.BrH/c13-9-4-6-10(7-5-9)17-11-3-1-2-8-16(11)12(14)15-17;/h1-8H,(H2,14,15);1H/q+1;/p-1. The number of benzene rings is 1. The topological polar surface area (TPSA) is 47.9 Å². The Labute approximate surface area is 123 Å². The molecular formula is C12H10Br2N4. The number of aromatic nitrogens is 3. The molecule has 0 bridgehead atoms. The molecule has 0 atom stereocenters. The second-order valence-corrected chi connectivity index (χ2v) is 4.59. The Hall–Kier alpha value is -1.40. The van der Waals surface area contributed by atoms with Gasteiger partial charge in [0.25, 0.3) is 0 Å². The number of hydrogen-bond acceptors (Lipinski definition) is 2. The molecule has 0 unspecified atom stereocenters. The number of halogens is 2. The second-order valence-electron chi connectivity index (χ2n) is 3.68. The summed E-state index contributed by atoms with van der Waals surface area (Å²) >= 11 is 3.41. The summed E-state index contributed by atoms with van der Waals surface area (Å²) in [5.74, 6) is 0.475. The zero-order chi connectivity index (χ0) is 11.8. The van der Waals surface area contributed by atoms with E-state index in [9.17, 15) is 0 Å². The van der Waals surface area contributed by atoms with Crippen molar-refractivity contribution in [3.8, 4) is 5.69 Å². The minimum atomic E-state index is 0. The van der Waals surface area contributed by atoms with Crippen molar-refractivity contribution in [2.45, 2.75) is 0 Å². The fraction of sp³-hybridized carbons (Fsp3) is 0. The maximum absolute atomic E-state index is 5.87. The summed E-state index contributed by atoms with van der Waals surface area (Å²) in [6.07, 6.45) is 1.90. The van der Waals surface area contributed by atoms with E-state index in [-0.39, 0.29) is 17.0 Å². The molecule has 0 radical (unpaired) electrons. The molecule has 3 rings (SSSR count). The Morgan fingerprint density at radius 1 is 1.11 bits per heavy atom. The molecule has 3 aromatic rings. The first-order valence-electron chi connectivity index (χ1n) is 5.16. The van der Waals surface area contributed by atoms with Crippen LogP contribution in [0, 0.1) is 0 Å². The molecule has 18 heavy (non-hydrogen) atoms. The van der Waals surface area contributed by atoms with Crippen molar-refractivity contribution in [2.24, 2.45) is 0 Å². The smallest absolute Gasteiger partial charge is 0.380 e. The highest BCUT2D eigenvalue weighted by Crippen LogP contribution is 2.15. The molecule has 0 saturated heterocycles. The van der Waals surface area contributed by atoms with Crippen molar-refractivity contribution in [3.05, 3.63) is 53.1 Å². The van der Waals surface area contributed by atoms with Gasteiger partial charge in [0, 0.05) is 15.6 Å². The molecule has 6 heteroatoms. The van der Waals surface area contributed by atoms with Crippen LogP contribution in [0.25, 0.3) is 11.3 Å². The van der Waals surface area contributed by atoms with E-state index in [0.29, 0.717) is 5.95 Å². The lowest BCUT2D eigenvalue weighted by molar-refractivity contribution is -0.495. The predicted molar refractivity (Wildman–Crippen MR) is 68.8 cm³/mol. The Balaban J connectivity index is 0.00000120. The molecule has 2 aromatic heterocycles. The van der Waals surface area contributed by atoms with Gasteiger partial charge in [-0.15, -0.1) is 4.68 Å². The Morgan fingerprint density at radius 3 is 2.56 bits per heavy atom. The number of fused-ring (bicyclic) bond motifs is 1. The van der Waals surface area contributed by atoms with Crippen molar-refractivity contribution < 1.29 is 21.4 Å². The molecule has 0 aliphatic heterocycles. The van der Waals surface area contributed by atoms with Gasteiger partial charge in [-0.2, -0.15) is 4.40 Å². The van der Waals surface area contributed by atoms with E-state index in [1.807, 2.05) is 57.7 Å². The van der Waals surface area contributed by atoms with E-state index in [2.05, 4.69) is 21.0 Å². The zero-order valence-electron chi connectivity index (χ0n) is 9.29. The fourth-order valence-electron chi connectivity index (χ4n) is 1.77. The monoisotopic (exact) mass is 368 g/mol. The zero-order valence-corrected chi connectivity index (χ0v) is 12.5. The molecular weight excluding hydrogens is 360 g/mol. The van der Waals surface area contributed by atoms with Crippen LogP contribution in [0.15, 0.2) is 53.1 Å². The first-order valence-corrected chi connectivity index (χ1v) is 5.96. The van der Waals surface area contributed by atoms with Crippen LogP contribution in [-0.4, -0.2) is 9.78 Å². The van der Waals surface area contributed by atoms with E-state index < -0.39 is 0 Å². The van der Waals surface area contributed by atoms with Crippen LogP contribution in [0.4, 0.5) is 5.95 Å². The Morgan fingerprint density at radius 2 is 1.83 bits per heavy atom. The van der Waals surface area contributed by atoms with E-state index >= 15 is 0 Å². The summed E-state index contributed by atoms with van der Waals surface area (Å²) < 4.78 is 4.71. The van der Waals surface area contributed by atoms with Gasteiger partial charge in [-0.05, 0) is 30.3 Å². The summed E-state index contributed by atoms with van der Waals surface area (Å²) in [5, 5.41) is 4.33. The number of hydrogen-bond donors (Lipinski definition) is 1. The number of anilines is 1. The molecule has 92 valence electrons. The van der Waals surface area contributed by atoms with Crippen molar-refractivity contribution in [1.29, 1.82) is 0 Å². The van der Waals surface area contributed by atoms with Crippen molar-refractivity contribution in [2.75, 3.05) is 5.73 Å². The van der Waals surface area contributed by atoms with Gasteiger partial charge in [0.15, 0.2) is 0 Å². The second kappa shape index (κ2) is 5.07. The molecule has 4 nitrogen and oxygen atoms in total. The molecule has 0 aliphatic carbocycles. The largest absolute Gasteiger partial charge is 1.00 e. The van der Waals surface area contributed by atoms with Crippen molar-refractivity contribution >= 4 is 27.5 Å². The molecule has 0 aliphatic rings. The highest BCUT2D eigenvalue weighted by molar-refractivity contribution is 9.10. The van der Waals surface area contributed by atoms with Crippen LogP contribution in [0.1, 0.15) is 0 Å². The third-order valence-electron chi connectivity index (χ3n) is 2.58. The highest BCUT2D eigenvalue weighted by atomic mass is 79.9. The van der Waals surface area contributed by atoms with Gasteiger partial charge in [-0.25, -0.2) is 0 Å². The van der Waals surface area contributed by atoms with Crippen LogP contribution in [0.2, 0.25) is 0 Å². The third kappa shape index (κ3) is 2.13. The average Bonchev–Trinajstić information content (AvgIpc) is 2.69. The lowest BCUT2D eigenvalue weighted by Gasteiger charge is -1.96. The molecule has 2 heterocycles.